The van der Waals surface area contributed by atoms with Gasteiger partial charge in [0.15, 0.2) is 0 Å². The van der Waals surface area contributed by atoms with Gasteiger partial charge in [0.1, 0.15) is 5.75 Å². The van der Waals surface area contributed by atoms with E-state index in [4.69, 9.17) is 10.5 Å². The van der Waals surface area contributed by atoms with Crippen molar-refractivity contribution < 1.29 is 14.3 Å². The predicted molar refractivity (Wildman–Crippen MR) is 92.8 cm³/mol. The molecule has 24 heavy (non-hydrogen) atoms. The maximum Gasteiger partial charge on any atom is 0.254 e. The first-order valence-corrected chi connectivity index (χ1v) is 7.74. The first kappa shape index (κ1) is 17.5. The molecule has 5 nitrogen and oxygen atoms in total. The maximum atomic E-state index is 12.7. The van der Waals surface area contributed by atoms with E-state index in [2.05, 4.69) is 0 Å². The molecule has 0 aromatic heterocycles. The molecule has 2 amide bonds. The quantitative estimate of drug-likeness (QED) is 0.848. The van der Waals surface area contributed by atoms with Crippen LogP contribution in [0.4, 0.5) is 0 Å². The molecule has 0 saturated carbocycles. The zero-order valence-electron chi connectivity index (χ0n) is 13.9. The standard InChI is InChI=1S/C19H22N2O3/c1-21(19(23)15-9-6-10-17(12-15)24-2)16(13-18(20)22)11-14-7-4-3-5-8-14/h3-10,12,16H,11,13H2,1-2H3,(H2,20,22)/t16-/m0/s1. The van der Waals surface area contributed by atoms with Crippen molar-refractivity contribution in [1.82, 2.24) is 4.90 Å². The number of likely N-dealkylation sites (N-methyl/N-ethyl adjacent to an activating group) is 1. The maximum absolute atomic E-state index is 12.7. The Morgan fingerprint density at radius 2 is 1.83 bits per heavy atom. The monoisotopic (exact) mass is 326 g/mol. The smallest absolute Gasteiger partial charge is 0.254 e. The molecule has 0 saturated heterocycles. The zero-order valence-corrected chi connectivity index (χ0v) is 13.9. The van der Waals surface area contributed by atoms with E-state index in [-0.39, 0.29) is 18.4 Å². The van der Waals surface area contributed by atoms with E-state index in [1.807, 2.05) is 30.3 Å². The van der Waals surface area contributed by atoms with Gasteiger partial charge < -0.3 is 15.4 Å². The Balaban J connectivity index is 2.20. The van der Waals surface area contributed by atoms with Crippen molar-refractivity contribution in [3.63, 3.8) is 0 Å². The Hall–Kier alpha value is -2.82. The van der Waals surface area contributed by atoms with E-state index in [9.17, 15) is 9.59 Å². The van der Waals surface area contributed by atoms with Gasteiger partial charge in [0.05, 0.1) is 7.11 Å². The molecule has 2 aromatic carbocycles. The number of hydrogen-bond donors (Lipinski definition) is 1. The molecular weight excluding hydrogens is 304 g/mol. The Labute approximate surface area is 142 Å². The normalized spacial score (nSPS) is 11.6. The lowest BCUT2D eigenvalue weighted by atomic mass is 10.0. The number of benzene rings is 2. The second-order valence-electron chi connectivity index (χ2n) is 5.66. The van der Waals surface area contributed by atoms with Crippen LogP contribution in [-0.4, -0.2) is 36.9 Å². The molecule has 0 spiro atoms. The summed E-state index contributed by atoms with van der Waals surface area (Å²) in [6, 6.07) is 16.4. The molecule has 0 fully saturated rings. The van der Waals surface area contributed by atoms with Gasteiger partial charge in [0.2, 0.25) is 5.91 Å². The molecule has 0 heterocycles. The summed E-state index contributed by atoms with van der Waals surface area (Å²) in [7, 11) is 3.25. The average Bonchev–Trinajstić information content (AvgIpc) is 2.60. The number of nitrogens with zero attached hydrogens (tertiary/aromatic N) is 1. The van der Waals surface area contributed by atoms with E-state index >= 15 is 0 Å². The summed E-state index contributed by atoms with van der Waals surface area (Å²) in [5.41, 5.74) is 6.94. The Kier molecular flexibility index (Phi) is 5.95. The largest absolute Gasteiger partial charge is 0.497 e. The van der Waals surface area contributed by atoms with Gasteiger partial charge in [-0.25, -0.2) is 0 Å². The molecule has 0 bridgehead atoms. The third-order valence-electron chi connectivity index (χ3n) is 3.94. The van der Waals surface area contributed by atoms with E-state index in [0.717, 1.165) is 5.56 Å². The molecule has 5 heteroatoms. The molecule has 2 rings (SSSR count). The molecule has 0 aliphatic carbocycles. The average molecular weight is 326 g/mol. The number of ether oxygens (including phenoxy) is 1. The number of methoxy groups -OCH3 is 1. The van der Waals surface area contributed by atoms with Gasteiger partial charge in [-0.15, -0.1) is 0 Å². The summed E-state index contributed by atoms with van der Waals surface area (Å²) in [6.45, 7) is 0. The highest BCUT2D eigenvalue weighted by molar-refractivity contribution is 5.95. The van der Waals surface area contributed by atoms with Gasteiger partial charge >= 0.3 is 0 Å². The van der Waals surface area contributed by atoms with Crippen molar-refractivity contribution in [1.29, 1.82) is 0 Å². The molecule has 126 valence electrons. The van der Waals surface area contributed by atoms with Crippen molar-refractivity contribution >= 4 is 11.8 Å². The minimum Gasteiger partial charge on any atom is -0.497 e. The molecule has 2 N–H and O–H groups in total. The highest BCUT2D eigenvalue weighted by atomic mass is 16.5. The molecular formula is C19H22N2O3. The highest BCUT2D eigenvalue weighted by Crippen LogP contribution is 2.17. The van der Waals surface area contributed by atoms with Crippen LogP contribution in [0.3, 0.4) is 0 Å². The molecule has 2 aromatic rings. The summed E-state index contributed by atoms with van der Waals surface area (Å²) in [4.78, 5) is 25.7. The minimum atomic E-state index is -0.429. The summed E-state index contributed by atoms with van der Waals surface area (Å²) in [6.07, 6.45) is 0.678. The predicted octanol–water partition coefficient (Wildman–Crippen LogP) is 2.25. The summed E-state index contributed by atoms with van der Waals surface area (Å²) >= 11 is 0. The van der Waals surface area contributed by atoms with Gasteiger partial charge in [-0.1, -0.05) is 36.4 Å². The summed E-state index contributed by atoms with van der Waals surface area (Å²) in [5.74, 6) is 0.0149. The first-order chi connectivity index (χ1) is 11.5. The van der Waals surface area contributed by atoms with Crippen LogP contribution in [0, 0.1) is 0 Å². The van der Waals surface area contributed by atoms with Crippen LogP contribution in [0.25, 0.3) is 0 Å². The van der Waals surface area contributed by atoms with Crippen LogP contribution in [0.5, 0.6) is 5.75 Å². The topological polar surface area (TPSA) is 72.6 Å². The first-order valence-electron chi connectivity index (χ1n) is 7.74. The van der Waals surface area contributed by atoms with Crippen molar-refractivity contribution in [2.75, 3.05) is 14.2 Å². The van der Waals surface area contributed by atoms with Gasteiger partial charge in [0, 0.05) is 25.1 Å². The molecule has 1 atom stereocenters. The molecule has 0 aliphatic heterocycles. The van der Waals surface area contributed by atoms with Crippen LogP contribution in [0.2, 0.25) is 0 Å². The number of nitrogens with two attached hydrogens (primary N) is 1. The van der Waals surface area contributed by atoms with Crippen molar-refractivity contribution in [3.05, 3.63) is 65.7 Å². The van der Waals surface area contributed by atoms with Gasteiger partial charge in [-0.3, -0.25) is 9.59 Å². The second-order valence-corrected chi connectivity index (χ2v) is 5.66. The van der Waals surface area contributed by atoms with Crippen molar-refractivity contribution in [2.45, 2.75) is 18.9 Å². The zero-order chi connectivity index (χ0) is 17.5. The van der Waals surface area contributed by atoms with Crippen LogP contribution < -0.4 is 10.5 Å². The second kappa shape index (κ2) is 8.15. The lowest BCUT2D eigenvalue weighted by molar-refractivity contribution is -0.118. The van der Waals surface area contributed by atoms with Gasteiger partial charge in [-0.2, -0.15) is 0 Å². The number of primary amides is 1. The third kappa shape index (κ3) is 4.59. The molecule has 0 radical (unpaired) electrons. The fourth-order valence-electron chi connectivity index (χ4n) is 2.59. The Bertz CT molecular complexity index is 701. The summed E-state index contributed by atoms with van der Waals surface area (Å²) < 4.78 is 5.16. The minimum absolute atomic E-state index is 0.112. The van der Waals surface area contributed by atoms with E-state index in [0.29, 0.717) is 17.7 Å². The van der Waals surface area contributed by atoms with Crippen LogP contribution >= 0.6 is 0 Å². The highest BCUT2D eigenvalue weighted by Gasteiger charge is 2.23. The van der Waals surface area contributed by atoms with Crippen LogP contribution in [0.15, 0.2) is 54.6 Å². The number of rotatable bonds is 7. The molecule has 0 aliphatic rings. The lowest BCUT2D eigenvalue weighted by Gasteiger charge is -2.28. The number of hydrogen-bond acceptors (Lipinski definition) is 3. The SMILES string of the molecule is COc1cccc(C(=O)N(C)[C@H](CC(N)=O)Cc2ccccc2)c1. The van der Waals surface area contributed by atoms with E-state index in [1.54, 1.807) is 43.3 Å². The van der Waals surface area contributed by atoms with Gasteiger partial charge in [-0.05, 0) is 30.2 Å². The van der Waals surface area contributed by atoms with E-state index < -0.39 is 5.91 Å². The molecule has 0 unspecified atom stereocenters. The Morgan fingerprint density at radius 3 is 2.46 bits per heavy atom. The van der Waals surface area contributed by atoms with Crippen molar-refractivity contribution in [2.24, 2.45) is 5.73 Å². The van der Waals surface area contributed by atoms with E-state index in [1.165, 1.54) is 0 Å². The van der Waals surface area contributed by atoms with Crippen LogP contribution in [0.1, 0.15) is 22.3 Å². The fourth-order valence-corrected chi connectivity index (χ4v) is 2.59. The summed E-state index contributed by atoms with van der Waals surface area (Å²) in [5, 5.41) is 0. The number of carbonyl (C=O) groups excluding carboxylic acids is 2. The van der Waals surface area contributed by atoms with Gasteiger partial charge in [0.25, 0.3) is 5.91 Å². The third-order valence-corrected chi connectivity index (χ3v) is 3.94. The van der Waals surface area contributed by atoms with Crippen LogP contribution in [-0.2, 0) is 11.2 Å². The van der Waals surface area contributed by atoms with Crippen molar-refractivity contribution in [3.8, 4) is 5.75 Å². The number of carbonyl (C=O) groups is 2. The lowest BCUT2D eigenvalue weighted by Crippen LogP contribution is -2.41. The number of amides is 2. The Morgan fingerprint density at radius 1 is 1.12 bits per heavy atom. The fraction of sp³-hybridized carbons (Fsp3) is 0.263.